The van der Waals surface area contributed by atoms with Gasteiger partial charge in [0.2, 0.25) is 0 Å². The zero-order valence-electron chi connectivity index (χ0n) is 8.11. The predicted octanol–water partition coefficient (Wildman–Crippen LogP) is 3.40. The van der Waals surface area contributed by atoms with Gasteiger partial charge in [-0.15, -0.1) is 12.4 Å². The van der Waals surface area contributed by atoms with Crippen LogP contribution in [0, 0.1) is 6.92 Å². The highest BCUT2D eigenvalue weighted by Crippen LogP contribution is 2.36. The maximum atomic E-state index is 12.5. The second-order valence-corrected chi connectivity index (χ2v) is 3.50. The summed E-state index contributed by atoms with van der Waals surface area (Å²) < 4.78 is 37.5. The van der Waals surface area contributed by atoms with Gasteiger partial charge in [0.25, 0.3) is 0 Å². The Morgan fingerprint density at radius 2 is 1.93 bits per heavy atom. The standard InChI is InChI=1S/C10H10F3N.ClH/c1-6-4-7-2-3-14-9(7)5-8(6)10(11,12)13;/h4-5,14H,2-3H2,1H3;1H. The number of nitrogens with one attached hydrogen (secondary N) is 1. The molecular weight excluding hydrogens is 227 g/mol. The fourth-order valence-corrected chi connectivity index (χ4v) is 1.78. The van der Waals surface area contributed by atoms with Gasteiger partial charge in [-0.2, -0.15) is 13.2 Å². The van der Waals surface area contributed by atoms with Crippen LogP contribution < -0.4 is 5.32 Å². The Kier molecular flexibility index (Phi) is 3.19. The molecule has 1 aliphatic rings. The summed E-state index contributed by atoms with van der Waals surface area (Å²) in [6, 6.07) is 2.83. The minimum Gasteiger partial charge on any atom is -0.384 e. The fraction of sp³-hybridized carbons (Fsp3) is 0.400. The summed E-state index contributed by atoms with van der Waals surface area (Å²) in [5.74, 6) is 0. The molecule has 2 rings (SSSR count). The molecule has 1 aromatic carbocycles. The number of anilines is 1. The average molecular weight is 238 g/mol. The molecule has 0 saturated heterocycles. The molecule has 1 heterocycles. The zero-order chi connectivity index (χ0) is 10.3. The van der Waals surface area contributed by atoms with Crippen molar-refractivity contribution in [1.29, 1.82) is 0 Å². The summed E-state index contributed by atoms with van der Waals surface area (Å²) in [6.45, 7) is 2.23. The molecule has 0 fully saturated rings. The molecule has 5 heteroatoms. The molecule has 0 aliphatic carbocycles. The van der Waals surface area contributed by atoms with Crippen molar-refractivity contribution < 1.29 is 13.2 Å². The van der Waals surface area contributed by atoms with Crippen molar-refractivity contribution >= 4 is 18.1 Å². The highest BCUT2D eigenvalue weighted by Gasteiger charge is 2.33. The Balaban J connectivity index is 0.00000112. The normalized spacial score (nSPS) is 14.1. The number of halogens is 4. The first-order valence-electron chi connectivity index (χ1n) is 4.43. The van der Waals surface area contributed by atoms with Gasteiger partial charge in [0, 0.05) is 12.2 Å². The summed E-state index contributed by atoms with van der Waals surface area (Å²) in [7, 11) is 0. The van der Waals surface area contributed by atoms with Crippen LogP contribution in [0.5, 0.6) is 0 Å². The zero-order valence-corrected chi connectivity index (χ0v) is 8.93. The number of aryl methyl sites for hydroxylation is 1. The summed E-state index contributed by atoms with van der Waals surface area (Å²) >= 11 is 0. The number of hydrogen-bond acceptors (Lipinski definition) is 1. The largest absolute Gasteiger partial charge is 0.416 e. The van der Waals surface area contributed by atoms with E-state index in [-0.39, 0.29) is 12.4 Å². The molecule has 1 aliphatic heterocycles. The van der Waals surface area contributed by atoms with E-state index in [4.69, 9.17) is 0 Å². The maximum absolute atomic E-state index is 12.5. The predicted molar refractivity (Wildman–Crippen MR) is 55.6 cm³/mol. The number of alkyl halides is 3. The molecule has 1 N–H and O–H groups in total. The highest BCUT2D eigenvalue weighted by molar-refractivity contribution is 5.85. The summed E-state index contributed by atoms with van der Waals surface area (Å²) in [5, 5.41) is 2.94. The fourth-order valence-electron chi connectivity index (χ4n) is 1.78. The van der Waals surface area contributed by atoms with Crippen molar-refractivity contribution in [3.05, 3.63) is 28.8 Å². The van der Waals surface area contributed by atoms with E-state index < -0.39 is 11.7 Å². The third-order valence-electron chi connectivity index (χ3n) is 2.47. The van der Waals surface area contributed by atoms with Crippen LogP contribution in [-0.4, -0.2) is 6.54 Å². The SMILES string of the molecule is Cc1cc2c(cc1C(F)(F)F)NCC2.Cl. The van der Waals surface area contributed by atoms with Gasteiger partial charge in [0.15, 0.2) is 0 Å². The van der Waals surface area contributed by atoms with Gasteiger partial charge in [0.05, 0.1) is 5.56 Å². The molecule has 0 saturated carbocycles. The van der Waals surface area contributed by atoms with Crippen molar-refractivity contribution in [3.63, 3.8) is 0 Å². The minimum atomic E-state index is -4.25. The lowest BCUT2D eigenvalue weighted by molar-refractivity contribution is -0.138. The van der Waals surface area contributed by atoms with Crippen molar-refractivity contribution in [2.24, 2.45) is 0 Å². The van der Waals surface area contributed by atoms with Crippen LogP contribution in [0.2, 0.25) is 0 Å². The van der Waals surface area contributed by atoms with E-state index in [1.165, 1.54) is 13.0 Å². The van der Waals surface area contributed by atoms with Crippen LogP contribution in [0.3, 0.4) is 0 Å². The molecule has 0 spiro atoms. The van der Waals surface area contributed by atoms with E-state index in [9.17, 15) is 13.2 Å². The van der Waals surface area contributed by atoms with E-state index in [1.807, 2.05) is 0 Å². The van der Waals surface area contributed by atoms with Gasteiger partial charge in [-0.25, -0.2) is 0 Å². The maximum Gasteiger partial charge on any atom is 0.416 e. The molecule has 84 valence electrons. The quantitative estimate of drug-likeness (QED) is 0.729. The Labute approximate surface area is 92.1 Å². The second kappa shape index (κ2) is 3.93. The van der Waals surface area contributed by atoms with Gasteiger partial charge in [-0.1, -0.05) is 6.07 Å². The number of fused-ring (bicyclic) bond motifs is 1. The number of rotatable bonds is 0. The topological polar surface area (TPSA) is 12.0 Å². The molecule has 0 radical (unpaired) electrons. The lowest BCUT2D eigenvalue weighted by Gasteiger charge is -2.12. The van der Waals surface area contributed by atoms with E-state index in [0.717, 1.165) is 18.5 Å². The molecule has 0 bridgehead atoms. The smallest absolute Gasteiger partial charge is 0.384 e. The molecule has 1 aromatic rings. The van der Waals surface area contributed by atoms with Crippen LogP contribution in [-0.2, 0) is 12.6 Å². The Morgan fingerprint density at radius 3 is 2.53 bits per heavy atom. The van der Waals surface area contributed by atoms with E-state index in [0.29, 0.717) is 11.3 Å². The first-order valence-corrected chi connectivity index (χ1v) is 4.43. The summed E-state index contributed by atoms with van der Waals surface area (Å²) in [6.07, 6.45) is -3.43. The monoisotopic (exact) mass is 237 g/mol. The molecule has 15 heavy (non-hydrogen) atoms. The molecule has 1 nitrogen and oxygen atoms in total. The van der Waals surface area contributed by atoms with Gasteiger partial charge in [0.1, 0.15) is 0 Å². The van der Waals surface area contributed by atoms with Crippen molar-refractivity contribution in [2.75, 3.05) is 11.9 Å². The molecule has 0 amide bonds. The van der Waals surface area contributed by atoms with Crippen LogP contribution in [0.1, 0.15) is 16.7 Å². The van der Waals surface area contributed by atoms with Gasteiger partial charge in [-0.3, -0.25) is 0 Å². The van der Waals surface area contributed by atoms with Crippen LogP contribution in [0.15, 0.2) is 12.1 Å². The molecule has 0 aromatic heterocycles. The van der Waals surface area contributed by atoms with E-state index in [2.05, 4.69) is 5.32 Å². The first-order chi connectivity index (χ1) is 6.48. The third kappa shape index (κ3) is 2.20. The first kappa shape index (κ1) is 12.2. The Bertz CT molecular complexity index is 374. The highest BCUT2D eigenvalue weighted by atomic mass is 35.5. The molecule has 0 unspecified atom stereocenters. The van der Waals surface area contributed by atoms with Gasteiger partial charge >= 0.3 is 6.18 Å². The van der Waals surface area contributed by atoms with Crippen molar-refractivity contribution in [3.8, 4) is 0 Å². The number of hydrogen-bond donors (Lipinski definition) is 1. The lowest BCUT2D eigenvalue weighted by atomic mass is 10.0. The Morgan fingerprint density at radius 1 is 1.27 bits per heavy atom. The third-order valence-corrected chi connectivity index (χ3v) is 2.47. The van der Waals surface area contributed by atoms with Gasteiger partial charge in [-0.05, 0) is 30.5 Å². The average Bonchev–Trinajstić information content (AvgIpc) is 2.47. The van der Waals surface area contributed by atoms with Crippen molar-refractivity contribution in [2.45, 2.75) is 19.5 Å². The Hall–Kier alpha value is -0.900. The van der Waals surface area contributed by atoms with Crippen LogP contribution in [0.4, 0.5) is 18.9 Å². The van der Waals surface area contributed by atoms with Gasteiger partial charge < -0.3 is 5.32 Å². The van der Waals surface area contributed by atoms with Crippen LogP contribution in [0.25, 0.3) is 0 Å². The summed E-state index contributed by atoms with van der Waals surface area (Å²) in [5.41, 5.74) is 1.38. The van der Waals surface area contributed by atoms with Crippen molar-refractivity contribution in [1.82, 2.24) is 0 Å². The van der Waals surface area contributed by atoms with E-state index in [1.54, 1.807) is 6.07 Å². The van der Waals surface area contributed by atoms with Crippen LogP contribution >= 0.6 is 12.4 Å². The minimum absolute atomic E-state index is 0. The lowest BCUT2D eigenvalue weighted by Crippen LogP contribution is -2.08. The van der Waals surface area contributed by atoms with E-state index >= 15 is 0 Å². The summed E-state index contributed by atoms with van der Waals surface area (Å²) in [4.78, 5) is 0. The molecule has 0 atom stereocenters. The molecular formula is C10H11ClF3N. The number of benzene rings is 1. The second-order valence-electron chi connectivity index (χ2n) is 3.50.